The van der Waals surface area contributed by atoms with Gasteiger partial charge in [-0.15, -0.1) is 0 Å². The lowest BCUT2D eigenvalue weighted by atomic mass is 10.1. The number of nitrogen functional groups attached to an aromatic ring is 1. The van der Waals surface area contributed by atoms with Crippen LogP contribution in [0.1, 0.15) is 23.1 Å². The van der Waals surface area contributed by atoms with Crippen molar-refractivity contribution in [1.82, 2.24) is 9.55 Å². The van der Waals surface area contributed by atoms with Crippen molar-refractivity contribution in [3.63, 3.8) is 0 Å². The minimum atomic E-state index is -0.600. The summed E-state index contributed by atoms with van der Waals surface area (Å²) in [5.41, 5.74) is 6.03. The Balaban J connectivity index is 2.61. The predicted octanol–water partition coefficient (Wildman–Crippen LogP) is 1.94. The number of ether oxygens (including phenoxy) is 1. The average molecular weight is 263 g/mol. The molecular weight excluding hydrogens is 249 g/mol. The summed E-state index contributed by atoms with van der Waals surface area (Å²) in [6, 6.07) is 2.48. The third kappa shape index (κ3) is 2.29. The van der Waals surface area contributed by atoms with Gasteiger partial charge in [0.2, 0.25) is 0 Å². The quantitative estimate of drug-likeness (QED) is 0.678. The number of carbonyl (C=O) groups excluding carboxylic acids is 1. The second kappa shape index (κ2) is 5.09. The molecule has 5 nitrogen and oxygen atoms in total. The van der Waals surface area contributed by atoms with Crippen molar-refractivity contribution in [2.24, 2.45) is 0 Å². The normalized spacial score (nSPS) is 10.5. The molecule has 0 aliphatic carbocycles. The Hall–Kier alpha value is -2.37. The van der Waals surface area contributed by atoms with Crippen LogP contribution in [0.15, 0.2) is 24.5 Å². The van der Waals surface area contributed by atoms with Gasteiger partial charge >= 0.3 is 5.97 Å². The molecule has 100 valence electrons. The van der Waals surface area contributed by atoms with Crippen molar-refractivity contribution < 1.29 is 13.9 Å². The number of imidazole rings is 1. The molecule has 0 amide bonds. The van der Waals surface area contributed by atoms with Gasteiger partial charge in [0.1, 0.15) is 11.6 Å². The van der Waals surface area contributed by atoms with E-state index in [0.29, 0.717) is 12.2 Å². The topological polar surface area (TPSA) is 70.1 Å². The van der Waals surface area contributed by atoms with Crippen molar-refractivity contribution in [3.05, 3.63) is 41.7 Å². The van der Waals surface area contributed by atoms with Crippen molar-refractivity contribution >= 4 is 11.7 Å². The molecule has 0 fully saturated rings. The van der Waals surface area contributed by atoms with E-state index in [1.807, 2.05) is 6.92 Å². The molecule has 0 saturated heterocycles. The van der Waals surface area contributed by atoms with Gasteiger partial charge in [-0.25, -0.2) is 14.2 Å². The first-order valence-electron chi connectivity index (χ1n) is 5.78. The summed E-state index contributed by atoms with van der Waals surface area (Å²) in [6.45, 7) is 1.91. The second-order valence-corrected chi connectivity index (χ2v) is 3.95. The van der Waals surface area contributed by atoms with Gasteiger partial charge in [-0.3, -0.25) is 0 Å². The molecule has 0 bridgehead atoms. The van der Waals surface area contributed by atoms with Crippen molar-refractivity contribution in [3.8, 4) is 5.69 Å². The number of methoxy groups -OCH3 is 1. The molecule has 0 aliphatic heterocycles. The maximum Gasteiger partial charge on any atom is 0.340 e. The molecule has 1 heterocycles. The number of rotatable bonds is 3. The van der Waals surface area contributed by atoms with Crippen LogP contribution in [-0.4, -0.2) is 22.6 Å². The molecule has 0 saturated carbocycles. The zero-order valence-corrected chi connectivity index (χ0v) is 10.7. The molecule has 2 N–H and O–H groups in total. The van der Waals surface area contributed by atoms with Crippen LogP contribution in [0.2, 0.25) is 0 Å². The summed E-state index contributed by atoms with van der Waals surface area (Å²) < 4.78 is 20.2. The second-order valence-electron chi connectivity index (χ2n) is 3.95. The van der Waals surface area contributed by atoms with Crippen LogP contribution in [0.4, 0.5) is 10.1 Å². The van der Waals surface area contributed by atoms with Gasteiger partial charge < -0.3 is 15.0 Å². The Morgan fingerprint density at radius 1 is 1.53 bits per heavy atom. The van der Waals surface area contributed by atoms with Crippen LogP contribution in [0.25, 0.3) is 5.69 Å². The van der Waals surface area contributed by atoms with Gasteiger partial charge in [0.15, 0.2) is 0 Å². The summed E-state index contributed by atoms with van der Waals surface area (Å²) in [7, 11) is 1.25. The van der Waals surface area contributed by atoms with Crippen LogP contribution in [0, 0.1) is 5.82 Å². The Bertz CT molecular complexity index is 622. The number of aryl methyl sites for hydroxylation is 1. The lowest BCUT2D eigenvalue weighted by molar-refractivity contribution is 0.0602. The highest BCUT2D eigenvalue weighted by atomic mass is 19.1. The molecule has 0 unspecified atom stereocenters. The molecule has 0 atom stereocenters. The molecule has 2 rings (SSSR count). The Morgan fingerprint density at radius 2 is 2.26 bits per heavy atom. The van der Waals surface area contributed by atoms with E-state index in [9.17, 15) is 9.18 Å². The van der Waals surface area contributed by atoms with Gasteiger partial charge in [-0.2, -0.15) is 0 Å². The molecule has 0 spiro atoms. The highest BCUT2D eigenvalue weighted by molar-refractivity contribution is 5.95. The van der Waals surface area contributed by atoms with E-state index in [4.69, 9.17) is 5.73 Å². The van der Waals surface area contributed by atoms with Gasteiger partial charge in [-0.1, -0.05) is 6.92 Å². The summed E-state index contributed by atoms with van der Waals surface area (Å²) in [5.74, 6) is -0.422. The third-order valence-electron chi connectivity index (χ3n) is 2.82. The Morgan fingerprint density at radius 3 is 2.89 bits per heavy atom. The molecule has 2 aromatic rings. The van der Waals surface area contributed by atoms with Gasteiger partial charge in [0.25, 0.3) is 0 Å². The van der Waals surface area contributed by atoms with Crippen molar-refractivity contribution in [1.29, 1.82) is 0 Å². The number of anilines is 1. The first-order chi connectivity index (χ1) is 9.08. The van der Waals surface area contributed by atoms with Crippen LogP contribution in [-0.2, 0) is 11.2 Å². The number of carbonyl (C=O) groups is 1. The van der Waals surface area contributed by atoms with Crippen LogP contribution in [0.5, 0.6) is 0 Å². The summed E-state index contributed by atoms with van der Waals surface area (Å²) >= 11 is 0. The highest BCUT2D eigenvalue weighted by Gasteiger charge is 2.16. The predicted molar refractivity (Wildman–Crippen MR) is 68.7 cm³/mol. The minimum absolute atomic E-state index is 0.0475. The molecule has 0 radical (unpaired) electrons. The van der Waals surface area contributed by atoms with E-state index < -0.39 is 11.8 Å². The van der Waals surface area contributed by atoms with Gasteiger partial charge in [0.05, 0.1) is 18.4 Å². The fourth-order valence-corrected chi connectivity index (χ4v) is 1.86. The number of halogens is 1. The summed E-state index contributed by atoms with van der Waals surface area (Å²) in [4.78, 5) is 15.7. The zero-order chi connectivity index (χ0) is 14.0. The lowest BCUT2D eigenvalue weighted by Gasteiger charge is -2.11. The molecule has 1 aromatic carbocycles. The van der Waals surface area contributed by atoms with E-state index in [1.165, 1.54) is 13.2 Å². The average Bonchev–Trinajstić information content (AvgIpc) is 2.86. The van der Waals surface area contributed by atoms with E-state index in [-0.39, 0.29) is 16.9 Å². The Labute approximate surface area is 109 Å². The molecule has 6 heteroatoms. The number of esters is 1. The molecule has 19 heavy (non-hydrogen) atoms. The fourth-order valence-electron chi connectivity index (χ4n) is 1.86. The van der Waals surface area contributed by atoms with E-state index in [0.717, 1.165) is 6.07 Å². The smallest absolute Gasteiger partial charge is 0.340 e. The third-order valence-corrected chi connectivity index (χ3v) is 2.82. The zero-order valence-electron chi connectivity index (χ0n) is 10.7. The van der Waals surface area contributed by atoms with Crippen molar-refractivity contribution in [2.45, 2.75) is 13.3 Å². The van der Waals surface area contributed by atoms with Crippen LogP contribution >= 0.6 is 0 Å². The molecular formula is C13H14FN3O2. The largest absolute Gasteiger partial charge is 0.465 e. The van der Waals surface area contributed by atoms with E-state index >= 15 is 0 Å². The number of hydrogen-bond donors (Lipinski definition) is 1. The minimum Gasteiger partial charge on any atom is -0.465 e. The lowest BCUT2D eigenvalue weighted by Crippen LogP contribution is -2.10. The summed E-state index contributed by atoms with van der Waals surface area (Å²) in [5, 5.41) is 0. The van der Waals surface area contributed by atoms with Crippen molar-refractivity contribution in [2.75, 3.05) is 12.8 Å². The van der Waals surface area contributed by atoms with E-state index in [1.54, 1.807) is 17.0 Å². The Kier molecular flexibility index (Phi) is 3.50. The number of nitrogens with zero attached hydrogens (tertiary/aromatic N) is 2. The molecule has 1 aromatic heterocycles. The monoisotopic (exact) mass is 263 g/mol. The number of nitrogens with two attached hydrogens (primary N) is 1. The maximum absolute atomic E-state index is 14.0. The maximum atomic E-state index is 14.0. The number of hydrogen-bond acceptors (Lipinski definition) is 4. The fraction of sp³-hybridized carbons (Fsp3) is 0.231. The summed E-state index contributed by atoms with van der Waals surface area (Å²) in [6.07, 6.45) is 3.85. The standard InChI is InChI=1S/C13H14FN3O2/c1-3-12-16-4-5-17(12)11-6-8(13(18)19-2)10(15)7-9(11)14/h4-7H,3,15H2,1-2H3. The van der Waals surface area contributed by atoms with Gasteiger partial charge in [-0.05, 0) is 12.1 Å². The molecule has 0 aliphatic rings. The SMILES string of the molecule is CCc1nccn1-c1cc(C(=O)OC)c(N)cc1F. The first kappa shape index (κ1) is 13.1. The van der Waals surface area contributed by atoms with Gasteiger partial charge in [0, 0.05) is 24.5 Å². The highest BCUT2D eigenvalue weighted by Crippen LogP contribution is 2.23. The number of benzene rings is 1. The number of aromatic nitrogens is 2. The van der Waals surface area contributed by atoms with E-state index in [2.05, 4.69) is 9.72 Å². The van der Waals surface area contributed by atoms with Crippen LogP contribution in [0.3, 0.4) is 0 Å². The first-order valence-corrected chi connectivity index (χ1v) is 5.78. The van der Waals surface area contributed by atoms with Crippen LogP contribution < -0.4 is 5.73 Å².